The van der Waals surface area contributed by atoms with Crippen LogP contribution in [-0.4, -0.2) is 10.6 Å². The first-order chi connectivity index (χ1) is 9.27. The fraction of sp³-hybridized carbons (Fsp3) is 0. The van der Waals surface area contributed by atoms with Crippen molar-refractivity contribution in [3.8, 4) is 0 Å². The number of hydrogen-bond donors (Lipinski definition) is 0. The van der Waals surface area contributed by atoms with Crippen molar-refractivity contribution < 1.29 is 4.92 Å². The molecule has 0 unspecified atom stereocenters. The van der Waals surface area contributed by atoms with Gasteiger partial charge in [0.2, 0.25) is 0 Å². The largest absolute Gasteiger partial charge is 0.259 e. The molecule has 0 saturated carbocycles. The topological polar surface area (TPSA) is 55.5 Å². The number of rotatable bonds is 4. The molecule has 0 N–H and O–H groups in total. The summed E-state index contributed by atoms with van der Waals surface area (Å²) in [6.45, 7) is 0. The van der Waals surface area contributed by atoms with E-state index in [1.54, 1.807) is 0 Å². The van der Waals surface area contributed by atoms with Gasteiger partial charge in [0.15, 0.2) is 0 Å². The molecule has 0 spiro atoms. The zero-order valence-corrected chi connectivity index (χ0v) is 10.1. The molecular formula is C15H12N2O2. The maximum atomic E-state index is 10.3. The van der Waals surface area contributed by atoms with Crippen molar-refractivity contribution in [2.24, 2.45) is 4.99 Å². The van der Waals surface area contributed by atoms with E-state index in [-0.39, 0.29) is 0 Å². The first kappa shape index (κ1) is 12.7. The summed E-state index contributed by atoms with van der Waals surface area (Å²) in [4.78, 5) is 14.0. The van der Waals surface area contributed by atoms with Crippen LogP contribution in [0, 0.1) is 10.1 Å². The minimum absolute atomic E-state index is 0.531. The van der Waals surface area contributed by atoms with E-state index in [1.807, 2.05) is 60.7 Å². The van der Waals surface area contributed by atoms with Gasteiger partial charge in [-0.25, -0.2) is 4.99 Å². The molecule has 0 radical (unpaired) electrons. The SMILES string of the molecule is O=[N+]([O-])/C=C/N=C(c1ccccc1)c1ccccc1. The molecule has 0 heterocycles. The molecule has 4 heteroatoms. The molecule has 0 atom stereocenters. The zero-order valence-electron chi connectivity index (χ0n) is 10.1. The molecule has 94 valence electrons. The van der Waals surface area contributed by atoms with Gasteiger partial charge in [0, 0.05) is 11.1 Å². The summed E-state index contributed by atoms with van der Waals surface area (Å²) in [7, 11) is 0. The molecular weight excluding hydrogens is 240 g/mol. The number of benzene rings is 2. The predicted octanol–water partition coefficient (Wildman–Crippen LogP) is 3.27. The Kier molecular flexibility index (Phi) is 4.18. The van der Waals surface area contributed by atoms with Gasteiger partial charge >= 0.3 is 0 Å². The number of nitrogens with zero attached hydrogens (tertiary/aromatic N) is 2. The molecule has 0 saturated heterocycles. The van der Waals surface area contributed by atoms with Crippen LogP contribution in [0.3, 0.4) is 0 Å². The Morgan fingerprint density at radius 1 is 0.947 bits per heavy atom. The Morgan fingerprint density at radius 2 is 1.42 bits per heavy atom. The number of hydrogen-bond acceptors (Lipinski definition) is 3. The monoisotopic (exact) mass is 252 g/mol. The quantitative estimate of drug-likeness (QED) is 0.476. The van der Waals surface area contributed by atoms with Crippen LogP contribution in [0.4, 0.5) is 0 Å². The second-order valence-corrected chi connectivity index (χ2v) is 3.79. The van der Waals surface area contributed by atoms with Crippen LogP contribution >= 0.6 is 0 Å². The van der Waals surface area contributed by atoms with Crippen LogP contribution in [0.5, 0.6) is 0 Å². The molecule has 4 nitrogen and oxygen atoms in total. The van der Waals surface area contributed by atoms with E-state index in [0.29, 0.717) is 5.71 Å². The Bertz CT molecular complexity index is 563. The van der Waals surface area contributed by atoms with E-state index in [0.717, 1.165) is 17.3 Å². The highest BCUT2D eigenvalue weighted by atomic mass is 16.6. The molecule has 0 aliphatic carbocycles. The normalized spacial score (nSPS) is 10.3. The van der Waals surface area contributed by atoms with Crippen molar-refractivity contribution in [1.29, 1.82) is 0 Å². The van der Waals surface area contributed by atoms with Gasteiger partial charge in [-0.3, -0.25) is 10.1 Å². The maximum Gasteiger partial charge on any atom is 0.252 e. The van der Waals surface area contributed by atoms with Crippen LogP contribution in [0.25, 0.3) is 0 Å². The molecule has 2 rings (SSSR count). The van der Waals surface area contributed by atoms with Crippen molar-refractivity contribution in [2.45, 2.75) is 0 Å². The van der Waals surface area contributed by atoms with Crippen LogP contribution < -0.4 is 0 Å². The molecule has 0 aliphatic rings. The summed E-state index contributed by atoms with van der Waals surface area (Å²) >= 11 is 0. The van der Waals surface area contributed by atoms with E-state index >= 15 is 0 Å². The summed E-state index contributed by atoms with van der Waals surface area (Å²) < 4.78 is 0. The molecule has 0 aromatic heterocycles. The summed E-state index contributed by atoms with van der Waals surface area (Å²) in [5.41, 5.74) is 2.54. The van der Waals surface area contributed by atoms with Crippen molar-refractivity contribution >= 4 is 5.71 Å². The second-order valence-electron chi connectivity index (χ2n) is 3.79. The number of aliphatic imine (C=N–C) groups is 1. The highest BCUT2D eigenvalue weighted by Crippen LogP contribution is 2.11. The Morgan fingerprint density at radius 3 is 1.84 bits per heavy atom. The minimum atomic E-state index is -0.531. The third kappa shape index (κ3) is 3.61. The number of nitro groups is 1. The summed E-state index contributed by atoms with van der Waals surface area (Å²) in [5, 5.41) is 10.3. The van der Waals surface area contributed by atoms with Crippen molar-refractivity contribution in [2.75, 3.05) is 0 Å². The molecule has 19 heavy (non-hydrogen) atoms. The van der Waals surface area contributed by atoms with Gasteiger partial charge in [-0.2, -0.15) is 0 Å². The average molecular weight is 252 g/mol. The Hall–Kier alpha value is -2.75. The van der Waals surface area contributed by atoms with Crippen molar-refractivity contribution in [1.82, 2.24) is 0 Å². The van der Waals surface area contributed by atoms with E-state index in [9.17, 15) is 10.1 Å². The fourth-order valence-corrected chi connectivity index (χ4v) is 1.67. The van der Waals surface area contributed by atoms with E-state index in [1.165, 1.54) is 6.20 Å². The first-order valence-corrected chi connectivity index (χ1v) is 5.76. The van der Waals surface area contributed by atoms with Gasteiger partial charge in [0.25, 0.3) is 6.20 Å². The summed E-state index contributed by atoms with van der Waals surface area (Å²) in [6.07, 6.45) is 2.03. The molecule has 0 amide bonds. The van der Waals surface area contributed by atoms with E-state index < -0.39 is 4.92 Å². The van der Waals surface area contributed by atoms with Crippen molar-refractivity contribution in [3.63, 3.8) is 0 Å². The third-order valence-corrected chi connectivity index (χ3v) is 2.49. The standard InChI is InChI=1S/C15H12N2O2/c18-17(19)12-11-16-15(13-7-3-1-4-8-13)14-9-5-2-6-10-14/h1-12H/b12-11+. The van der Waals surface area contributed by atoms with Crippen LogP contribution in [-0.2, 0) is 0 Å². The highest BCUT2D eigenvalue weighted by molar-refractivity contribution is 6.13. The lowest BCUT2D eigenvalue weighted by Crippen LogP contribution is -2.02. The van der Waals surface area contributed by atoms with Crippen LogP contribution in [0.15, 0.2) is 78.1 Å². The molecule has 0 bridgehead atoms. The molecule has 0 fully saturated rings. The smallest absolute Gasteiger partial charge is 0.252 e. The van der Waals surface area contributed by atoms with Gasteiger partial charge in [0.1, 0.15) is 0 Å². The Labute approximate surface area is 110 Å². The molecule has 2 aromatic carbocycles. The van der Waals surface area contributed by atoms with Crippen LogP contribution in [0.1, 0.15) is 11.1 Å². The van der Waals surface area contributed by atoms with Gasteiger partial charge in [-0.15, -0.1) is 0 Å². The van der Waals surface area contributed by atoms with E-state index in [4.69, 9.17) is 0 Å². The van der Waals surface area contributed by atoms with E-state index in [2.05, 4.69) is 4.99 Å². The van der Waals surface area contributed by atoms with Gasteiger partial charge in [0.05, 0.1) is 16.8 Å². The second kappa shape index (κ2) is 6.26. The summed E-state index contributed by atoms with van der Waals surface area (Å²) in [5.74, 6) is 0. The van der Waals surface area contributed by atoms with Gasteiger partial charge in [-0.05, 0) is 0 Å². The van der Waals surface area contributed by atoms with Gasteiger partial charge in [-0.1, -0.05) is 60.7 Å². The maximum absolute atomic E-state index is 10.3. The lowest BCUT2D eigenvalue weighted by molar-refractivity contribution is -0.402. The molecule has 0 aliphatic heterocycles. The van der Waals surface area contributed by atoms with Crippen LogP contribution in [0.2, 0.25) is 0 Å². The fourth-order valence-electron chi connectivity index (χ4n) is 1.67. The first-order valence-electron chi connectivity index (χ1n) is 5.76. The Balaban J connectivity index is 2.43. The van der Waals surface area contributed by atoms with Gasteiger partial charge < -0.3 is 0 Å². The zero-order chi connectivity index (χ0) is 13.5. The predicted molar refractivity (Wildman–Crippen MR) is 74.7 cm³/mol. The average Bonchev–Trinajstić information content (AvgIpc) is 2.45. The lowest BCUT2D eigenvalue weighted by atomic mass is 10.0. The molecule has 2 aromatic rings. The highest BCUT2D eigenvalue weighted by Gasteiger charge is 2.04. The summed E-state index contributed by atoms with van der Waals surface area (Å²) in [6, 6.07) is 19.2. The van der Waals surface area contributed by atoms with Crippen molar-refractivity contribution in [3.05, 3.63) is 94.3 Å². The minimum Gasteiger partial charge on any atom is -0.259 e. The lowest BCUT2D eigenvalue weighted by Gasteiger charge is -2.05. The third-order valence-electron chi connectivity index (χ3n) is 2.49.